The smallest absolute Gasteiger partial charge is 0.226 e. The van der Waals surface area contributed by atoms with Crippen LogP contribution < -0.4 is 10.6 Å². The molecule has 5 rings (SSSR count). The molecule has 2 atom stereocenters. The fourth-order valence-electron chi connectivity index (χ4n) is 5.44. The van der Waals surface area contributed by atoms with Gasteiger partial charge in [0.25, 0.3) is 0 Å². The molecule has 2 N–H and O–H groups in total. The van der Waals surface area contributed by atoms with Gasteiger partial charge in [0.2, 0.25) is 5.91 Å². The van der Waals surface area contributed by atoms with Crippen molar-refractivity contribution in [2.45, 2.75) is 45.7 Å². The summed E-state index contributed by atoms with van der Waals surface area (Å²) in [6.45, 7) is 6.85. The predicted octanol–water partition coefficient (Wildman–Crippen LogP) is 6.82. The molecule has 1 amide bonds. The van der Waals surface area contributed by atoms with E-state index in [-0.39, 0.29) is 18.0 Å². The number of halogens is 1. The Morgan fingerprint density at radius 3 is 2.54 bits per heavy atom. The third-order valence-electron chi connectivity index (χ3n) is 7.32. The fourth-order valence-corrected chi connectivity index (χ4v) is 6.04. The molecule has 1 aliphatic rings. The van der Waals surface area contributed by atoms with Crippen LogP contribution in [-0.2, 0) is 11.2 Å². The maximum atomic E-state index is 13.1. The van der Waals surface area contributed by atoms with E-state index in [0.717, 1.165) is 50.5 Å². The van der Waals surface area contributed by atoms with E-state index in [1.165, 1.54) is 0 Å². The predicted molar refractivity (Wildman–Crippen MR) is 164 cm³/mol. The molecule has 2 aromatic heterocycles. The number of nitrogens with zero attached hydrogens (tertiary/aromatic N) is 3. The monoisotopic (exact) mass is 601 g/mol. The number of hydrogen-bond acceptors (Lipinski definition) is 3. The zero-order chi connectivity index (χ0) is 27.5. The number of anilines is 1. The number of nitrogens with one attached hydrogen (secondary N) is 2. The Kier molecular flexibility index (Phi) is 8.14. The molecule has 3 heterocycles. The molecule has 1 saturated heterocycles. The second-order valence-electron chi connectivity index (χ2n) is 9.77. The second kappa shape index (κ2) is 11.7. The van der Waals surface area contributed by atoms with Crippen molar-refractivity contribution in [2.75, 3.05) is 11.9 Å². The van der Waals surface area contributed by atoms with E-state index in [1.807, 2.05) is 48.7 Å². The molecule has 8 heteroatoms. The Labute approximate surface area is 243 Å². The van der Waals surface area contributed by atoms with Gasteiger partial charge in [-0.2, -0.15) is 0 Å². The molecule has 1 fully saturated rings. The number of aromatic nitrogens is 2. The quantitative estimate of drug-likeness (QED) is 0.217. The number of para-hydroxylation sites is 1. The molecule has 0 aliphatic carbocycles. The zero-order valence-electron chi connectivity index (χ0n) is 22.3. The van der Waals surface area contributed by atoms with E-state index in [0.29, 0.717) is 18.1 Å². The first-order valence-corrected chi connectivity index (χ1v) is 14.4. The molecular formula is C31H32BrN5OS. The number of pyridine rings is 1. The van der Waals surface area contributed by atoms with Gasteiger partial charge in [-0.25, -0.2) is 0 Å². The van der Waals surface area contributed by atoms with Crippen LogP contribution in [0.3, 0.4) is 0 Å². The Balaban J connectivity index is 1.46. The number of benzene rings is 2. The lowest BCUT2D eigenvalue weighted by Crippen LogP contribution is -2.33. The average Bonchev–Trinajstić information content (AvgIpc) is 3.43. The largest absolute Gasteiger partial charge is 0.352 e. The number of rotatable bonds is 8. The van der Waals surface area contributed by atoms with Crippen LogP contribution in [0.25, 0.3) is 5.69 Å². The summed E-state index contributed by atoms with van der Waals surface area (Å²) < 4.78 is 3.31. The standard InChI is InChI=1S/C31H32BrN5OS/c1-4-22-9-5-6-10-26(22)34-28(38)16-18-36-30(29(35-31(36)39)27-11-7-8-17-33-27)25-19-20(2)37(21(25)3)24-14-12-23(32)13-15-24/h5-15,17,19,29-30H,4,16,18H2,1-3H3,(H,34,38)(H,35,39)/t29-,30-/m1/s1. The number of thiocarbonyl (C=S) groups is 1. The summed E-state index contributed by atoms with van der Waals surface area (Å²) in [7, 11) is 0. The van der Waals surface area contributed by atoms with Crippen molar-refractivity contribution >= 4 is 44.9 Å². The van der Waals surface area contributed by atoms with Gasteiger partial charge in [0.15, 0.2) is 5.11 Å². The van der Waals surface area contributed by atoms with Crippen LogP contribution in [0.2, 0.25) is 0 Å². The first-order valence-electron chi connectivity index (χ1n) is 13.2. The van der Waals surface area contributed by atoms with Crippen molar-refractivity contribution in [2.24, 2.45) is 0 Å². The first-order chi connectivity index (χ1) is 18.9. The van der Waals surface area contributed by atoms with Gasteiger partial charge in [-0.05, 0) is 92.1 Å². The molecule has 2 aromatic carbocycles. The number of amides is 1. The number of carbonyl (C=O) groups is 1. The molecule has 0 unspecified atom stereocenters. The van der Waals surface area contributed by atoms with Crippen LogP contribution in [0.15, 0.2) is 83.5 Å². The highest BCUT2D eigenvalue weighted by molar-refractivity contribution is 9.10. The van der Waals surface area contributed by atoms with E-state index in [2.05, 4.69) is 92.1 Å². The Morgan fingerprint density at radius 1 is 1.08 bits per heavy atom. The summed E-state index contributed by atoms with van der Waals surface area (Å²) in [5.41, 5.74) is 7.45. The van der Waals surface area contributed by atoms with Crippen molar-refractivity contribution in [3.05, 3.63) is 112 Å². The van der Waals surface area contributed by atoms with Gasteiger partial charge in [0, 0.05) is 46.4 Å². The van der Waals surface area contributed by atoms with Gasteiger partial charge in [-0.3, -0.25) is 9.78 Å². The summed E-state index contributed by atoms with van der Waals surface area (Å²) >= 11 is 9.39. The summed E-state index contributed by atoms with van der Waals surface area (Å²) in [5, 5.41) is 7.24. The lowest BCUT2D eigenvalue weighted by molar-refractivity contribution is -0.116. The van der Waals surface area contributed by atoms with Crippen molar-refractivity contribution < 1.29 is 4.79 Å². The highest BCUT2D eigenvalue weighted by Crippen LogP contribution is 2.41. The van der Waals surface area contributed by atoms with Crippen molar-refractivity contribution in [1.82, 2.24) is 19.8 Å². The van der Waals surface area contributed by atoms with E-state index < -0.39 is 0 Å². The van der Waals surface area contributed by atoms with Crippen LogP contribution in [0.1, 0.15) is 53.6 Å². The second-order valence-corrected chi connectivity index (χ2v) is 11.1. The van der Waals surface area contributed by atoms with Gasteiger partial charge in [0.05, 0.1) is 17.8 Å². The molecule has 0 bridgehead atoms. The minimum Gasteiger partial charge on any atom is -0.352 e. The number of hydrogen-bond donors (Lipinski definition) is 2. The van der Waals surface area contributed by atoms with E-state index in [1.54, 1.807) is 0 Å². The van der Waals surface area contributed by atoms with Gasteiger partial charge >= 0.3 is 0 Å². The highest BCUT2D eigenvalue weighted by Gasteiger charge is 2.41. The van der Waals surface area contributed by atoms with Gasteiger partial charge < -0.3 is 20.1 Å². The minimum absolute atomic E-state index is 0.0286. The van der Waals surface area contributed by atoms with Crippen molar-refractivity contribution in [1.29, 1.82) is 0 Å². The summed E-state index contributed by atoms with van der Waals surface area (Å²) in [6, 6.07) is 24.2. The summed E-state index contributed by atoms with van der Waals surface area (Å²) in [6.07, 6.45) is 2.98. The van der Waals surface area contributed by atoms with E-state index in [9.17, 15) is 4.79 Å². The normalized spacial score (nSPS) is 16.8. The number of carbonyl (C=O) groups excluding carboxylic acids is 1. The first kappa shape index (κ1) is 27.1. The minimum atomic E-state index is -0.138. The Morgan fingerprint density at radius 2 is 1.82 bits per heavy atom. The zero-order valence-corrected chi connectivity index (χ0v) is 24.7. The van der Waals surface area contributed by atoms with E-state index >= 15 is 0 Å². The molecule has 0 spiro atoms. The van der Waals surface area contributed by atoms with Crippen molar-refractivity contribution in [3.8, 4) is 5.69 Å². The van der Waals surface area contributed by atoms with Crippen LogP contribution >= 0.6 is 28.1 Å². The maximum absolute atomic E-state index is 13.1. The van der Waals surface area contributed by atoms with Gasteiger partial charge in [0.1, 0.15) is 0 Å². The van der Waals surface area contributed by atoms with Gasteiger partial charge in [-0.1, -0.05) is 47.1 Å². The summed E-state index contributed by atoms with van der Waals surface area (Å²) in [4.78, 5) is 19.9. The van der Waals surface area contributed by atoms with Crippen molar-refractivity contribution in [3.63, 3.8) is 0 Å². The van der Waals surface area contributed by atoms with Crippen LogP contribution in [-0.4, -0.2) is 32.0 Å². The molecule has 6 nitrogen and oxygen atoms in total. The molecular weight excluding hydrogens is 570 g/mol. The van der Waals surface area contributed by atoms with Crippen LogP contribution in [0, 0.1) is 13.8 Å². The van der Waals surface area contributed by atoms with Gasteiger partial charge in [-0.15, -0.1) is 0 Å². The highest BCUT2D eigenvalue weighted by atomic mass is 79.9. The SMILES string of the molecule is CCc1ccccc1NC(=O)CCN1C(=S)N[C@H](c2ccccn2)[C@H]1c1cc(C)n(-c2ccc(Br)cc2)c1C. The maximum Gasteiger partial charge on any atom is 0.226 e. The molecule has 39 heavy (non-hydrogen) atoms. The number of aryl methyl sites for hydroxylation is 2. The lowest BCUT2D eigenvalue weighted by atomic mass is 9.96. The average molecular weight is 603 g/mol. The Hall–Kier alpha value is -3.49. The van der Waals surface area contributed by atoms with E-state index in [4.69, 9.17) is 12.2 Å². The van der Waals surface area contributed by atoms with Crippen LogP contribution in [0.4, 0.5) is 5.69 Å². The topological polar surface area (TPSA) is 62.2 Å². The Bertz CT molecular complexity index is 1480. The molecule has 0 radical (unpaired) electrons. The molecule has 0 saturated carbocycles. The third-order valence-corrected chi connectivity index (χ3v) is 8.20. The molecule has 200 valence electrons. The lowest BCUT2D eigenvalue weighted by Gasteiger charge is -2.28. The third kappa shape index (κ3) is 5.63. The summed E-state index contributed by atoms with van der Waals surface area (Å²) in [5.74, 6) is -0.0286. The fraction of sp³-hybridized carbons (Fsp3) is 0.258. The molecule has 1 aliphatic heterocycles. The molecule has 4 aromatic rings. The van der Waals surface area contributed by atoms with Crippen LogP contribution in [0.5, 0.6) is 0 Å².